The van der Waals surface area contributed by atoms with Crippen LogP contribution in [0, 0.1) is 0 Å². The molecule has 1 atom stereocenters. The molecule has 0 aromatic carbocycles. The zero-order chi connectivity index (χ0) is 15.6. The van der Waals surface area contributed by atoms with Crippen LogP contribution in [0.15, 0.2) is 0 Å². The highest BCUT2D eigenvalue weighted by Gasteiger charge is 2.25. The highest BCUT2D eigenvalue weighted by molar-refractivity contribution is 6.27. The number of carbonyl (C=O) groups is 2. The predicted molar refractivity (Wildman–Crippen MR) is 72.5 cm³/mol. The van der Waals surface area contributed by atoms with Crippen molar-refractivity contribution in [1.82, 2.24) is 5.32 Å². The largest absolute Gasteiger partial charge is 0.469 e. The quantitative estimate of drug-likeness (QED) is 0.230. The van der Waals surface area contributed by atoms with Crippen molar-refractivity contribution in [1.29, 1.82) is 0 Å². The Hall–Kier alpha value is -1.00. The fourth-order valence-corrected chi connectivity index (χ4v) is 2.48. The van der Waals surface area contributed by atoms with Gasteiger partial charge in [-0.15, -0.1) is 0 Å². The molecule has 0 bridgehead atoms. The third-order valence-corrected chi connectivity index (χ3v) is 3.90. The third kappa shape index (κ3) is 6.96. The second-order valence-electron chi connectivity index (χ2n) is 3.93. The number of hydrogen-bond donors (Lipinski definition) is 1. The van der Waals surface area contributed by atoms with Gasteiger partial charge >= 0.3 is 11.9 Å². The molecule has 0 aliphatic heterocycles. The van der Waals surface area contributed by atoms with Gasteiger partial charge in [-0.1, -0.05) is 0 Å². The summed E-state index contributed by atoms with van der Waals surface area (Å²) in [5, 5.41) is 2.91. The SMILES string of the molecule is COC(=O)CC(NC[SiH2]OC(C)(OC)OC)C(=O)OC. The predicted octanol–water partition coefficient (Wildman–Crippen LogP) is -1.29. The van der Waals surface area contributed by atoms with Crippen molar-refractivity contribution in [3.63, 3.8) is 0 Å². The zero-order valence-electron chi connectivity index (χ0n) is 12.6. The van der Waals surface area contributed by atoms with E-state index in [9.17, 15) is 9.59 Å². The topological polar surface area (TPSA) is 92.3 Å². The Bertz CT molecular complexity index is 309. The molecular weight excluding hydrogens is 286 g/mol. The van der Waals surface area contributed by atoms with Gasteiger partial charge in [0, 0.05) is 27.3 Å². The van der Waals surface area contributed by atoms with Crippen molar-refractivity contribution < 1.29 is 33.0 Å². The molecule has 0 aliphatic carbocycles. The van der Waals surface area contributed by atoms with Gasteiger partial charge in [-0.2, -0.15) is 0 Å². The third-order valence-electron chi connectivity index (χ3n) is 2.68. The van der Waals surface area contributed by atoms with Crippen LogP contribution >= 0.6 is 0 Å². The minimum absolute atomic E-state index is 0.0939. The summed E-state index contributed by atoms with van der Waals surface area (Å²) in [6, 6.07) is -0.750. The molecule has 0 fully saturated rings. The summed E-state index contributed by atoms with van der Waals surface area (Å²) in [4.78, 5) is 22.7. The Morgan fingerprint density at radius 1 is 1.15 bits per heavy atom. The van der Waals surface area contributed by atoms with Crippen molar-refractivity contribution in [2.45, 2.75) is 25.4 Å². The Kier molecular flexibility index (Phi) is 9.34. The number of esters is 2. The van der Waals surface area contributed by atoms with E-state index in [0.29, 0.717) is 6.17 Å². The summed E-state index contributed by atoms with van der Waals surface area (Å²) in [6.07, 6.45) is 0.350. The lowest BCUT2D eigenvalue weighted by atomic mass is 10.2. The first-order chi connectivity index (χ1) is 9.42. The van der Waals surface area contributed by atoms with Gasteiger partial charge in [0.15, 0.2) is 9.76 Å². The molecule has 0 saturated heterocycles. The maximum atomic E-state index is 11.5. The number of rotatable bonds is 10. The van der Waals surface area contributed by atoms with E-state index < -0.39 is 33.7 Å². The number of methoxy groups -OCH3 is 4. The second-order valence-corrected chi connectivity index (χ2v) is 5.13. The van der Waals surface area contributed by atoms with E-state index in [-0.39, 0.29) is 6.42 Å². The molecule has 0 spiro atoms. The molecule has 0 rings (SSSR count). The highest BCUT2D eigenvalue weighted by atomic mass is 28.2. The Morgan fingerprint density at radius 2 is 1.75 bits per heavy atom. The monoisotopic (exact) mass is 309 g/mol. The van der Waals surface area contributed by atoms with Gasteiger partial charge in [0.1, 0.15) is 6.04 Å². The highest BCUT2D eigenvalue weighted by Crippen LogP contribution is 2.09. The van der Waals surface area contributed by atoms with Gasteiger partial charge in [0.25, 0.3) is 5.97 Å². The fourth-order valence-electron chi connectivity index (χ4n) is 1.30. The van der Waals surface area contributed by atoms with E-state index in [1.54, 1.807) is 6.92 Å². The van der Waals surface area contributed by atoms with Crippen LogP contribution < -0.4 is 5.32 Å². The lowest BCUT2D eigenvalue weighted by molar-refractivity contribution is -0.310. The van der Waals surface area contributed by atoms with Crippen LogP contribution in [0.2, 0.25) is 0 Å². The van der Waals surface area contributed by atoms with Crippen LogP contribution in [-0.4, -0.2) is 68.3 Å². The minimum atomic E-state index is -1.09. The molecule has 0 radical (unpaired) electrons. The molecule has 1 N–H and O–H groups in total. The molecule has 20 heavy (non-hydrogen) atoms. The van der Waals surface area contributed by atoms with Crippen molar-refractivity contribution >= 4 is 21.7 Å². The van der Waals surface area contributed by atoms with E-state index in [1.807, 2.05) is 0 Å². The Labute approximate surface area is 121 Å². The van der Waals surface area contributed by atoms with E-state index in [0.717, 1.165) is 0 Å². The molecule has 0 amide bonds. The Balaban J connectivity index is 4.20. The summed E-state index contributed by atoms with van der Waals surface area (Å²) in [6.45, 7) is 1.65. The average molecular weight is 309 g/mol. The summed E-state index contributed by atoms with van der Waals surface area (Å²) < 4.78 is 24.7. The van der Waals surface area contributed by atoms with Crippen LogP contribution in [-0.2, 0) is 33.0 Å². The number of hydrogen-bond acceptors (Lipinski definition) is 8. The van der Waals surface area contributed by atoms with E-state index in [4.69, 9.17) is 13.9 Å². The van der Waals surface area contributed by atoms with Gasteiger partial charge in [-0.25, -0.2) is 0 Å². The molecular formula is C11H23NO7Si. The van der Waals surface area contributed by atoms with Crippen molar-refractivity contribution in [2.75, 3.05) is 34.6 Å². The average Bonchev–Trinajstić information content (AvgIpc) is 2.48. The lowest BCUT2D eigenvalue weighted by Crippen LogP contribution is -2.44. The molecule has 0 saturated carbocycles. The molecule has 9 heteroatoms. The fraction of sp³-hybridized carbons (Fsp3) is 0.818. The van der Waals surface area contributed by atoms with Gasteiger partial charge in [0.05, 0.1) is 20.6 Å². The first-order valence-electron chi connectivity index (χ1n) is 6.04. The van der Waals surface area contributed by atoms with E-state index in [2.05, 4.69) is 14.8 Å². The molecule has 0 aromatic heterocycles. The summed E-state index contributed by atoms with van der Waals surface area (Å²) >= 11 is 0. The number of ether oxygens (including phenoxy) is 4. The van der Waals surface area contributed by atoms with Gasteiger partial charge in [0.2, 0.25) is 0 Å². The molecule has 8 nitrogen and oxygen atoms in total. The van der Waals surface area contributed by atoms with Gasteiger partial charge < -0.3 is 28.7 Å². The van der Waals surface area contributed by atoms with Crippen LogP contribution in [0.4, 0.5) is 0 Å². The van der Waals surface area contributed by atoms with E-state index in [1.165, 1.54) is 28.4 Å². The smallest absolute Gasteiger partial charge is 0.323 e. The molecule has 118 valence electrons. The van der Waals surface area contributed by atoms with E-state index >= 15 is 0 Å². The normalized spacial score (nSPS) is 13.4. The standard InChI is InChI=1S/C11H23NO7Si/c1-11(17-4,18-5)19-20-7-12-8(10(14)16-3)6-9(13)15-2/h8,12H,6-7,20H2,1-5H3. The first-order valence-corrected chi connectivity index (χ1v) is 7.62. The minimum Gasteiger partial charge on any atom is -0.469 e. The van der Waals surface area contributed by atoms with Crippen LogP contribution in [0.1, 0.15) is 13.3 Å². The molecule has 0 aromatic rings. The van der Waals surface area contributed by atoms with Crippen molar-refractivity contribution in [3.05, 3.63) is 0 Å². The maximum absolute atomic E-state index is 11.5. The number of carbonyl (C=O) groups excluding carboxylic acids is 2. The van der Waals surface area contributed by atoms with Gasteiger partial charge in [-0.05, 0) is 0 Å². The van der Waals surface area contributed by atoms with Crippen LogP contribution in [0.3, 0.4) is 0 Å². The summed E-state index contributed by atoms with van der Waals surface area (Å²) in [5.74, 6) is -2.10. The zero-order valence-corrected chi connectivity index (χ0v) is 14.0. The lowest BCUT2D eigenvalue weighted by Gasteiger charge is -2.26. The summed E-state index contributed by atoms with van der Waals surface area (Å²) in [5.41, 5.74) is 0. The maximum Gasteiger partial charge on any atom is 0.323 e. The second kappa shape index (κ2) is 9.83. The Morgan fingerprint density at radius 3 is 2.20 bits per heavy atom. The summed E-state index contributed by atoms with van der Waals surface area (Å²) in [7, 11) is 4.41. The van der Waals surface area contributed by atoms with Crippen LogP contribution in [0.5, 0.6) is 0 Å². The van der Waals surface area contributed by atoms with Crippen molar-refractivity contribution in [2.24, 2.45) is 0 Å². The van der Waals surface area contributed by atoms with Crippen molar-refractivity contribution in [3.8, 4) is 0 Å². The number of nitrogens with one attached hydrogen (secondary N) is 1. The van der Waals surface area contributed by atoms with Gasteiger partial charge in [-0.3, -0.25) is 9.59 Å². The first kappa shape index (κ1) is 19.0. The molecule has 0 heterocycles. The van der Waals surface area contributed by atoms with Crippen LogP contribution in [0.25, 0.3) is 0 Å². The molecule has 0 aliphatic rings. The molecule has 1 unspecified atom stereocenters.